The van der Waals surface area contributed by atoms with E-state index >= 15 is 0 Å². The van der Waals surface area contributed by atoms with E-state index in [-0.39, 0.29) is 6.04 Å². The molecule has 21 heavy (non-hydrogen) atoms. The Labute approximate surface area is 131 Å². The molecule has 0 aliphatic carbocycles. The molecule has 0 saturated heterocycles. The second-order valence-electron chi connectivity index (χ2n) is 5.09. The van der Waals surface area contributed by atoms with Crippen molar-refractivity contribution in [2.45, 2.75) is 26.8 Å². The van der Waals surface area contributed by atoms with Crippen LogP contribution in [-0.4, -0.2) is 19.6 Å². The van der Waals surface area contributed by atoms with Crippen molar-refractivity contribution >= 4 is 27.3 Å². The molecule has 0 aliphatic heterocycles. The molecule has 3 heterocycles. The lowest BCUT2D eigenvalue weighted by Crippen LogP contribution is -2.11. The van der Waals surface area contributed by atoms with E-state index in [0.717, 1.165) is 32.9 Å². The van der Waals surface area contributed by atoms with Crippen molar-refractivity contribution in [1.82, 2.24) is 19.6 Å². The number of pyridine rings is 1. The minimum Gasteiger partial charge on any atom is -0.377 e. The highest BCUT2D eigenvalue weighted by molar-refractivity contribution is 9.10. The molecular weight excluding hydrogens is 330 g/mol. The molecule has 0 spiro atoms. The van der Waals surface area contributed by atoms with Crippen molar-refractivity contribution in [3.63, 3.8) is 0 Å². The number of hydrogen-bond donors (Lipinski definition) is 1. The Morgan fingerprint density at radius 3 is 2.71 bits per heavy atom. The summed E-state index contributed by atoms with van der Waals surface area (Å²) in [5.41, 5.74) is 5.04. The topological polar surface area (TPSA) is 55.1 Å². The van der Waals surface area contributed by atoms with Gasteiger partial charge in [0.15, 0.2) is 5.65 Å². The highest BCUT2D eigenvalue weighted by atomic mass is 79.9. The lowest BCUT2D eigenvalue weighted by Gasteiger charge is -2.17. The summed E-state index contributed by atoms with van der Waals surface area (Å²) in [5.74, 6) is 0. The van der Waals surface area contributed by atoms with E-state index in [9.17, 15) is 0 Å². The van der Waals surface area contributed by atoms with Gasteiger partial charge in [0, 0.05) is 23.5 Å². The van der Waals surface area contributed by atoms with Gasteiger partial charge in [-0.3, -0.25) is 0 Å². The van der Waals surface area contributed by atoms with Crippen LogP contribution in [0.5, 0.6) is 0 Å². The Kier molecular flexibility index (Phi) is 3.63. The third-order valence-electron chi connectivity index (χ3n) is 3.46. The van der Waals surface area contributed by atoms with Crippen LogP contribution in [0.15, 0.2) is 35.2 Å². The third-order valence-corrected chi connectivity index (χ3v) is 3.93. The van der Waals surface area contributed by atoms with Crippen LogP contribution in [0.2, 0.25) is 0 Å². The Balaban J connectivity index is 1.92. The molecule has 0 aromatic carbocycles. The van der Waals surface area contributed by atoms with Gasteiger partial charge in [0.2, 0.25) is 0 Å². The van der Waals surface area contributed by atoms with Crippen molar-refractivity contribution in [3.05, 3.63) is 52.1 Å². The lowest BCUT2D eigenvalue weighted by atomic mass is 10.1. The molecule has 108 valence electrons. The number of nitrogens with zero attached hydrogens (tertiary/aromatic N) is 4. The van der Waals surface area contributed by atoms with Gasteiger partial charge in [0.25, 0.3) is 0 Å². The van der Waals surface area contributed by atoms with E-state index in [4.69, 9.17) is 0 Å². The van der Waals surface area contributed by atoms with Gasteiger partial charge in [-0.25, -0.2) is 14.5 Å². The number of hydrogen-bond acceptors (Lipinski definition) is 4. The largest absolute Gasteiger partial charge is 0.377 e. The summed E-state index contributed by atoms with van der Waals surface area (Å²) in [6.07, 6.45) is 3.72. The van der Waals surface area contributed by atoms with Crippen molar-refractivity contribution in [3.8, 4) is 0 Å². The number of anilines is 1. The summed E-state index contributed by atoms with van der Waals surface area (Å²) in [6, 6.07) is 6.01. The van der Waals surface area contributed by atoms with E-state index in [0.29, 0.717) is 0 Å². The molecule has 1 unspecified atom stereocenters. The van der Waals surface area contributed by atoms with Crippen LogP contribution in [0.3, 0.4) is 0 Å². The Morgan fingerprint density at radius 1 is 1.19 bits per heavy atom. The molecule has 0 amide bonds. The summed E-state index contributed by atoms with van der Waals surface area (Å²) in [4.78, 5) is 8.70. The van der Waals surface area contributed by atoms with Crippen molar-refractivity contribution in [2.75, 3.05) is 5.32 Å². The molecule has 0 radical (unpaired) electrons. The number of rotatable bonds is 3. The van der Waals surface area contributed by atoms with Gasteiger partial charge in [-0.05, 0) is 48.8 Å². The SMILES string of the molecule is Cc1cc2ncc(C(C)Nc3ccc(Br)nc3)c(C)n2n1. The molecule has 0 fully saturated rings. The number of nitrogens with one attached hydrogen (secondary N) is 1. The molecule has 3 rings (SSSR count). The molecule has 0 bridgehead atoms. The number of halogens is 1. The zero-order valence-corrected chi connectivity index (χ0v) is 13.7. The van der Waals surface area contributed by atoms with Gasteiger partial charge < -0.3 is 5.32 Å². The van der Waals surface area contributed by atoms with E-state index in [1.54, 1.807) is 6.20 Å². The normalized spacial score (nSPS) is 12.6. The van der Waals surface area contributed by atoms with Gasteiger partial charge in [0.05, 0.1) is 23.6 Å². The summed E-state index contributed by atoms with van der Waals surface area (Å²) in [5, 5.41) is 7.92. The van der Waals surface area contributed by atoms with Crippen molar-refractivity contribution in [2.24, 2.45) is 0 Å². The van der Waals surface area contributed by atoms with E-state index in [2.05, 4.69) is 50.2 Å². The van der Waals surface area contributed by atoms with Gasteiger partial charge in [-0.2, -0.15) is 5.10 Å². The molecule has 0 aliphatic rings. The molecule has 3 aromatic heterocycles. The average Bonchev–Trinajstić information content (AvgIpc) is 2.83. The van der Waals surface area contributed by atoms with E-state index in [1.807, 2.05) is 35.8 Å². The maximum absolute atomic E-state index is 4.48. The number of aromatic nitrogens is 4. The van der Waals surface area contributed by atoms with Crippen molar-refractivity contribution in [1.29, 1.82) is 0 Å². The fourth-order valence-corrected chi connectivity index (χ4v) is 2.62. The first kappa shape index (κ1) is 14.0. The fourth-order valence-electron chi connectivity index (χ4n) is 2.39. The molecule has 3 aromatic rings. The maximum atomic E-state index is 4.48. The Bertz CT molecular complexity index is 779. The fraction of sp³-hybridized carbons (Fsp3) is 0.267. The van der Waals surface area contributed by atoms with Gasteiger partial charge >= 0.3 is 0 Å². The van der Waals surface area contributed by atoms with Crippen molar-refractivity contribution < 1.29 is 0 Å². The second-order valence-corrected chi connectivity index (χ2v) is 5.90. The molecule has 1 N–H and O–H groups in total. The average molecular weight is 346 g/mol. The smallest absolute Gasteiger partial charge is 0.155 e. The van der Waals surface area contributed by atoms with Crippen LogP contribution in [0.1, 0.15) is 29.9 Å². The number of fused-ring (bicyclic) bond motifs is 1. The van der Waals surface area contributed by atoms with Crippen LogP contribution in [0.4, 0.5) is 5.69 Å². The molecule has 0 saturated carbocycles. The first-order chi connectivity index (χ1) is 10.0. The quantitative estimate of drug-likeness (QED) is 0.735. The van der Waals surface area contributed by atoms with Crippen LogP contribution in [-0.2, 0) is 0 Å². The third kappa shape index (κ3) is 2.76. The predicted molar refractivity (Wildman–Crippen MR) is 86.4 cm³/mol. The monoisotopic (exact) mass is 345 g/mol. The maximum Gasteiger partial charge on any atom is 0.155 e. The summed E-state index contributed by atoms with van der Waals surface area (Å²) >= 11 is 3.34. The van der Waals surface area contributed by atoms with Crippen LogP contribution >= 0.6 is 15.9 Å². The minimum absolute atomic E-state index is 0.120. The highest BCUT2D eigenvalue weighted by Crippen LogP contribution is 2.22. The zero-order valence-electron chi connectivity index (χ0n) is 12.1. The van der Waals surface area contributed by atoms with Crippen LogP contribution in [0, 0.1) is 13.8 Å². The first-order valence-electron chi connectivity index (χ1n) is 6.74. The highest BCUT2D eigenvalue weighted by Gasteiger charge is 2.13. The molecular formula is C15H16BrN5. The first-order valence-corrected chi connectivity index (χ1v) is 7.54. The van der Waals surface area contributed by atoms with Gasteiger partial charge in [-0.15, -0.1) is 0 Å². The van der Waals surface area contributed by atoms with Crippen LogP contribution < -0.4 is 5.32 Å². The number of aryl methyl sites for hydroxylation is 2. The zero-order chi connectivity index (χ0) is 15.0. The summed E-state index contributed by atoms with van der Waals surface area (Å²) in [6.45, 7) is 6.14. The molecule has 5 nitrogen and oxygen atoms in total. The predicted octanol–water partition coefficient (Wildman–Crippen LogP) is 3.68. The van der Waals surface area contributed by atoms with Gasteiger partial charge in [0.1, 0.15) is 4.60 Å². The second kappa shape index (κ2) is 5.44. The Morgan fingerprint density at radius 2 is 2.00 bits per heavy atom. The van der Waals surface area contributed by atoms with Gasteiger partial charge in [-0.1, -0.05) is 0 Å². The van der Waals surface area contributed by atoms with Crippen LogP contribution in [0.25, 0.3) is 5.65 Å². The standard InChI is InChI=1S/C15H16BrN5/c1-9-6-15-18-8-13(11(3)21(15)20-9)10(2)19-12-4-5-14(16)17-7-12/h4-8,10,19H,1-3H3. The molecule has 1 atom stereocenters. The summed E-state index contributed by atoms with van der Waals surface area (Å²) < 4.78 is 2.72. The molecule has 6 heteroatoms. The lowest BCUT2D eigenvalue weighted by molar-refractivity contribution is 0.797. The summed E-state index contributed by atoms with van der Waals surface area (Å²) in [7, 11) is 0. The van der Waals surface area contributed by atoms with E-state index in [1.165, 1.54) is 0 Å². The van der Waals surface area contributed by atoms with E-state index < -0.39 is 0 Å². The minimum atomic E-state index is 0.120. The Hall–Kier alpha value is -1.95.